The molecule has 0 aliphatic rings. The van der Waals surface area contributed by atoms with Crippen LogP contribution in [0.4, 0.5) is 10.1 Å². The average Bonchev–Trinajstić information content (AvgIpc) is 2.81. The SMILES string of the molecule is CCC(Nc1ccc(Cl)cc1F)c1ccco1. The minimum absolute atomic E-state index is 0.0410. The van der Waals surface area contributed by atoms with Gasteiger partial charge in [-0.05, 0) is 36.8 Å². The third-order valence-corrected chi connectivity index (χ3v) is 2.79. The largest absolute Gasteiger partial charge is 0.467 e. The van der Waals surface area contributed by atoms with Crippen LogP contribution in [0.2, 0.25) is 5.02 Å². The lowest BCUT2D eigenvalue weighted by molar-refractivity contribution is 0.472. The Kier molecular flexibility index (Phi) is 3.69. The van der Waals surface area contributed by atoms with E-state index in [0.29, 0.717) is 10.7 Å². The second-order valence-corrected chi connectivity index (χ2v) is 4.18. The fraction of sp³-hybridized carbons (Fsp3) is 0.231. The van der Waals surface area contributed by atoms with Crippen molar-refractivity contribution in [2.24, 2.45) is 0 Å². The van der Waals surface area contributed by atoms with Crippen molar-refractivity contribution in [3.05, 3.63) is 53.2 Å². The molecule has 0 aliphatic heterocycles. The molecule has 0 radical (unpaired) electrons. The zero-order chi connectivity index (χ0) is 12.3. The van der Waals surface area contributed by atoms with Gasteiger partial charge in [0.15, 0.2) is 0 Å². The molecule has 2 nitrogen and oxygen atoms in total. The summed E-state index contributed by atoms with van der Waals surface area (Å²) in [5, 5.41) is 3.49. The van der Waals surface area contributed by atoms with Gasteiger partial charge in [0, 0.05) is 5.02 Å². The van der Waals surface area contributed by atoms with Crippen molar-refractivity contribution in [2.45, 2.75) is 19.4 Å². The van der Waals surface area contributed by atoms with Gasteiger partial charge in [-0.2, -0.15) is 0 Å². The molecule has 1 heterocycles. The van der Waals surface area contributed by atoms with Crippen molar-refractivity contribution in [1.29, 1.82) is 0 Å². The van der Waals surface area contributed by atoms with Gasteiger partial charge in [0.05, 0.1) is 18.0 Å². The maximum atomic E-state index is 13.6. The van der Waals surface area contributed by atoms with E-state index in [1.54, 1.807) is 18.4 Å². The van der Waals surface area contributed by atoms with E-state index in [9.17, 15) is 4.39 Å². The molecule has 1 aromatic carbocycles. The summed E-state index contributed by atoms with van der Waals surface area (Å²) in [4.78, 5) is 0. The Bertz CT molecular complexity index is 484. The maximum Gasteiger partial charge on any atom is 0.147 e. The smallest absolute Gasteiger partial charge is 0.147 e. The standard InChI is InChI=1S/C13H13ClFNO/c1-2-11(13-4-3-7-17-13)16-12-6-5-9(14)8-10(12)15/h3-8,11,16H,2H2,1H3. The molecule has 0 spiro atoms. The van der Waals surface area contributed by atoms with Gasteiger partial charge in [-0.1, -0.05) is 18.5 Å². The van der Waals surface area contributed by atoms with Crippen LogP contribution in [-0.4, -0.2) is 0 Å². The average molecular weight is 254 g/mol. The van der Waals surface area contributed by atoms with E-state index in [2.05, 4.69) is 5.32 Å². The monoisotopic (exact) mass is 253 g/mol. The van der Waals surface area contributed by atoms with Crippen LogP contribution in [0.25, 0.3) is 0 Å². The molecule has 2 aromatic rings. The molecule has 2 rings (SSSR count). The minimum Gasteiger partial charge on any atom is -0.467 e. The third kappa shape index (κ3) is 2.80. The highest BCUT2D eigenvalue weighted by atomic mass is 35.5. The van der Waals surface area contributed by atoms with Crippen molar-refractivity contribution in [2.75, 3.05) is 5.32 Å². The van der Waals surface area contributed by atoms with Gasteiger partial charge in [-0.3, -0.25) is 0 Å². The van der Waals surface area contributed by atoms with E-state index in [1.807, 2.05) is 19.1 Å². The second kappa shape index (κ2) is 5.23. The molecule has 0 bridgehead atoms. The molecule has 1 atom stereocenters. The van der Waals surface area contributed by atoms with Gasteiger partial charge in [-0.25, -0.2) is 4.39 Å². The van der Waals surface area contributed by atoms with Crippen LogP contribution >= 0.6 is 11.6 Å². The maximum absolute atomic E-state index is 13.6. The third-order valence-electron chi connectivity index (χ3n) is 2.56. The van der Waals surface area contributed by atoms with Crippen LogP contribution in [0, 0.1) is 5.82 Å². The van der Waals surface area contributed by atoms with Crippen LogP contribution in [-0.2, 0) is 0 Å². The molecule has 1 aromatic heterocycles. The fourth-order valence-electron chi connectivity index (χ4n) is 1.66. The lowest BCUT2D eigenvalue weighted by Gasteiger charge is -2.16. The van der Waals surface area contributed by atoms with Gasteiger partial charge < -0.3 is 9.73 Å². The van der Waals surface area contributed by atoms with E-state index in [4.69, 9.17) is 16.0 Å². The molecule has 0 fully saturated rings. The highest BCUT2D eigenvalue weighted by Crippen LogP contribution is 2.26. The first-order chi connectivity index (χ1) is 8.20. The van der Waals surface area contributed by atoms with Crippen LogP contribution in [0.5, 0.6) is 0 Å². The molecule has 0 amide bonds. The summed E-state index contributed by atoms with van der Waals surface area (Å²) in [6, 6.07) is 8.22. The fourth-order valence-corrected chi connectivity index (χ4v) is 1.82. The molecule has 17 heavy (non-hydrogen) atoms. The Hall–Kier alpha value is -1.48. The van der Waals surface area contributed by atoms with E-state index >= 15 is 0 Å². The quantitative estimate of drug-likeness (QED) is 0.859. The molecule has 1 N–H and O–H groups in total. The first kappa shape index (κ1) is 12.0. The summed E-state index contributed by atoms with van der Waals surface area (Å²) >= 11 is 5.70. The zero-order valence-electron chi connectivity index (χ0n) is 9.41. The Morgan fingerprint density at radius 2 is 2.24 bits per heavy atom. The van der Waals surface area contributed by atoms with Gasteiger partial charge in [-0.15, -0.1) is 0 Å². The molecular weight excluding hydrogens is 241 g/mol. The van der Waals surface area contributed by atoms with Crippen LogP contribution < -0.4 is 5.32 Å². The van der Waals surface area contributed by atoms with Crippen LogP contribution in [0.15, 0.2) is 41.0 Å². The molecule has 90 valence electrons. The number of anilines is 1. The van der Waals surface area contributed by atoms with E-state index < -0.39 is 0 Å². The number of furan rings is 1. The summed E-state index contributed by atoms with van der Waals surface area (Å²) in [5.41, 5.74) is 0.428. The minimum atomic E-state index is -0.359. The summed E-state index contributed by atoms with van der Waals surface area (Å²) in [5.74, 6) is 0.435. The van der Waals surface area contributed by atoms with E-state index in [1.165, 1.54) is 6.07 Å². The van der Waals surface area contributed by atoms with Crippen molar-refractivity contribution < 1.29 is 8.81 Å². The summed E-state index contributed by atoms with van der Waals surface area (Å²) in [6.07, 6.45) is 2.41. The van der Waals surface area contributed by atoms with Crippen molar-refractivity contribution in [3.8, 4) is 0 Å². The Balaban J connectivity index is 2.19. The number of hydrogen-bond acceptors (Lipinski definition) is 2. The first-order valence-electron chi connectivity index (χ1n) is 5.45. The van der Waals surface area contributed by atoms with E-state index in [0.717, 1.165) is 12.2 Å². The highest BCUT2D eigenvalue weighted by Gasteiger charge is 2.13. The number of halogens is 2. The Morgan fingerprint density at radius 3 is 2.82 bits per heavy atom. The Labute approximate surface area is 104 Å². The van der Waals surface area contributed by atoms with Gasteiger partial charge >= 0.3 is 0 Å². The molecule has 0 aliphatic carbocycles. The zero-order valence-corrected chi connectivity index (χ0v) is 10.2. The molecule has 0 saturated heterocycles. The number of rotatable bonds is 4. The molecule has 1 unspecified atom stereocenters. The summed E-state index contributed by atoms with van der Waals surface area (Å²) in [6.45, 7) is 2.01. The summed E-state index contributed by atoms with van der Waals surface area (Å²) < 4.78 is 18.9. The van der Waals surface area contributed by atoms with Crippen LogP contribution in [0.3, 0.4) is 0 Å². The summed E-state index contributed by atoms with van der Waals surface area (Å²) in [7, 11) is 0. The molecular formula is C13H13ClFNO. The lowest BCUT2D eigenvalue weighted by atomic mass is 10.1. The number of benzene rings is 1. The van der Waals surface area contributed by atoms with Crippen molar-refractivity contribution >= 4 is 17.3 Å². The van der Waals surface area contributed by atoms with Gasteiger partial charge in [0.1, 0.15) is 11.6 Å². The normalized spacial score (nSPS) is 12.4. The predicted octanol–water partition coefficient (Wildman–Crippen LogP) is 4.64. The van der Waals surface area contributed by atoms with Crippen molar-refractivity contribution in [1.82, 2.24) is 0 Å². The van der Waals surface area contributed by atoms with Gasteiger partial charge in [0.25, 0.3) is 0 Å². The Morgan fingerprint density at radius 1 is 1.41 bits per heavy atom. The highest BCUT2D eigenvalue weighted by molar-refractivity contribution is 6.30. The molecule has 4 heteroatoms. The number of hydrogen-bond donors (Lipinski definition) is 1. The second-order valence-electron chi connectivity index (χ2n) is 3.74. The van der Waals surface area contributed by atoms with Crippen LogP contribution in [0.1, 0.15) is 25.1 Å². The van der Waals surface area contributed by atoms with E-state index in [-0.39, 0.29) is 11.9 Å². The predicted molar refractivity (Wildman–Crippen MR) is 66.8 cm³/mol. The van der Waals surface area contributed by atoms with Gasteiger partial charge in [0.2, 0.25) is 0 Å². The van der Waals surface area contributed by atoms with Crippen molar-refractivity contribution in [3.63, 3.8) is 0 Å². The molecule has 0 saturated carbocycles. The number of nitrogens with one attached hydrogen (secondary N) is 1. The topological polar surface area (TPSA) is 25.2 Å². The first-order valence-corrected chi connectivity index (χ1v) is 5.83. The lowest BCUT2D eigenvalue weighted by Crippen LogP contribution is -2.09.